The van der Waals surface area contributed by atoms with Crippen molar-refractivity contribution in [1.29, 1.82) is 0 Å². The largest absolute Gasteiger partial charge is 0.383 e. The first-order chi connectivity index (χ1) is 16.8. The zero-order valence-corrected chi connectivity index (χ0v) is 20.8. The fourth-order valence-corrected chi connectivity index (χ4v) is 5.43. The number of fused-ring (bicyclic) bond motifs is 3. The van der Waals surface area contributed by atoms with Crippen LogP contribution in [0, 0.1) is 5.82 Å². The first kappa shape index (κ1) is 25.2. The number of carbonyl (C=O) groups excluding carboxylic acids is 3. The van der Waals surface area contributed by atoms with E-state index in [1.165, 1.54) is 43.2 Å². The van der Waals surface area contributed by atoms with Crippen LogP contribution in [0.3, 0.4) is 0 Å². The van der Waals surface area contributed by atoms with Crippen LogP contribution < -0.4 is 10.6 Å². The molecule has 1 aromatic heterocycles. The lowest BCUT2D eigenvalue weighted by molar-refractivity contribution is -0.134. The molecule has 1 aromatic carbocycles. The van der Waals surface area contributed by atoms with Gasteiger partial charge in [0.15, 0.2) is 0 Å². The Labute approximate surface area is 205 Å². The maximum Gasteiger partial charge on any atom is 0.273 e. The minimum Gasteiger partial charge on any atom is -0.383 e. The maximum absolute atomic E-state index is 14.2. The molecule has 0 bridgehead atoms. The number of methoxy groups -OCH3 is 1. The van der Waals surface area contributed by atoms with Crippen LogP contribution in [-0.4, -0.2) is 59.0 Å². The van der Waals surface area contributed by atoms with Gasteiger partial charge in [-0.3, -0.25) is 14.4 Å². The fourth-order valence-electron chi connectivity index (χ4n) is 5.43. The quantitative estimate of drug-likeness (QED) is 0.649. The van der Waals surface area contributed by atoms with Crippen molar-refractivity contribution in [2.24, 2.45) is 0 Å². The predicted molar refractivity (Wildman–Crippen MR) is 132 cm³/mol. The molecule has 1 saturated carbocycles. The van der Waals surface area contributed by atoms with Gasteiger partial charge in [0.2, 0.25) is 11.8 Å². The third kappa shape index (κ3) is 4.91. The number of nitrogens with zero attached hydrogens (tertiary/aromatic N) is 2. The van der Waals surface area contributed by atoms with Gasteiger partial charge in [0.05, 0.1) is 24.4 Å². The molecular formula is C26H35FN4O4. The number of ether oxygens (including phenoxy) is 1. The van der Waals surface area contributed by atoms with E-state index in [1.807, 2.05) is 0 Å². The number of amides is 3. The van der Waals surface area contributed by atoms with Crippen molar-refractivity contribution in [3.05, 3.63) is 29.7 Å². The van der Waals surface area contributed by atoms with Gasteiger partial charge >= 0.3 is 0 Å². The van der Waals surface area contributed by atoms with Crippen LogP contribution in [0.25, 0.3) is 10.9 Å². The van der Waals surface area contributed by atoms with E-state index in [0.29, 0.717) is 10.9 Å². The lowest BCUT2D eigenvalue weighted by atomic mass is 9.92. The Morgan fingerprint density at radius 2 is 1.86 bits per heavy atom. The lowest BCUT2D eigenvalue weighted by Crippen LogP contribution is -2.65. The number of aromatic nitrogens is 1. The van der Waals surface area contributed by atoms with E-state index in [0.717, 1.165) is 25.7 Å². The first-order valence-electron chi connectivity index (χ1n) is 12.5. The Balaban J connectivity index is 1.77. The normalized spacial score (nSPS) is 21.4. The van der Waals surface area contributed by atoms with Crippen molar-refractivity contribution < 1.29 is 23.5 Å². The molecule has 0 spiro atoms. The number of carbonyl (C=O) groups is 3. The SMILES string of the molecule is COCCN1C(=O)c2c(NC(C)=O)c3cc(F)ccc3n2CC1(C)C(=O)NC1CCCCCCC1. The Morgan fingerprint density at radius 3 is 2.51 bits per heavy atom. The van der Waals surface area contributed by atoms with Crippen molar-refractivity contribution >= 4 is 34.3 Å². The minimum absolute atomic E-state index is 0.0749. The van der Waals surface area contributed by atoms with Crippen LogP contribution in [-0.2, 0) is 20.9 Å². The second-order valence-corrected chi connectivity index (χ2v) is 9.89. The Bertz CT molecular complexity index is 1120. The van der Waals surface area contributed by atoms with Gasteiger partial charge in [0, 0.05) is 32.0 Å². The van der Waals surface area contributed by atoms with Gasteiger partial charge in [0.25, 0.3) is 5.91 Å². The molecule has 3 amide bonds. The van der Waals surface area contributed by atoms with Crippen LogP contribution in [0.4, 0.5) is 10.1 Å². The van der Waals surface area contributed by atoms with Gasteiger partial charge in [0.1, 0.15) is 17.1 Å². The van der Waals surface area contributed by atoms with E-state index < -0.39 is 17.3 Å². The third-order valence-corrected chi connectivity index (χ3v) is 7.28. The summed E-state index contributed by atoms with van der Waals surface area (Å²) in [6, 6.07) is 4.29. The summed E-state index contributed by atoms with van der Waals surface area (Å²) < 4.78 is 21.2. The number of anilines is 1. The molecule has 2 aliphatic rings. The summed E-state index contributed by atoms with van der Waals surface area (Å²) in [5.41, 5.74) is -0.0800. The highest BCUT2D eigenvalue weighted by Gasteiger charge is 2.49. The van der Waals surface area contributed by atoms with Crippen molar-refractivity contribution in [3.63, 3.8) is 0 Å². The molecule has 2 aromatic rings. The van der Waals surface area contributed by atoms with Crippen LogP contribution in [0.2, 0.25) is 0 Å². The number of benzene rings is 1. The van der Waals surface area contributed by atoms with Gasteiger partial charge in [-0.15, -0.1) is 0 Å². The van der Waals surface area contributed by atoms with E-state index in [1.54, 1.807) is 24.7 Å². The second-order valence-electron chi connectivity index (χ2n) is 9.89. The number of halogens is 1. The highest BCUT2D eigenvalue weighted by Crippen LogP contribution is 2.39. The number of rotatable bonds is 6. The molecule has 9 heteroatoms. The summed E-state index contributed by atoms with van der Waals surface area (Å²) in [4.78, 5) is 41.2. The molecular weight excluding hydrogens is 451 g/mol. The minimum atomic E-state index is -1.18. The van der Waals surface area contributed by atoms with Crippen molar-refractivity contribution in [3.8, 4) is 0 Å². The highest BCUT2D eigenvalue weighted by atomic mass is 19.1. The third-order valence-electron chi connectivity index (χ3n) is 7.28. The Kier molecular flexibility index (Phi) is 7.44. The average Bonchev–Trinajstić information content (AvgIpc) is 3.07. The van der Waals surface area contributed by atoms with Crippen LogP contribution in [0.15, 0.2) is 18.2 Å². The van der Waals surface area contributed by atoms with E-state index in [-0.39, 0.29) is 48.9 Å². The molecule has 2 heterocycles. The molecule has 35 heavy (non-hydrogen) atoms. The fraction of sp³-hybridized carbons (Fsp3) is 0.577. The smallest absolute Gasteiger partial charge is 0.273 e. The highest BCUT2D eigenvalue weighted by molar-refractivity contribution is 6.14. The molecule has 1 aliphatic carbocycles. The number of nitrogens with one attached hydrogen (secondary N) is 2. The van der Waals surface area contributed by atoms with Crippen molar-refractivity contribution in [2.45, 2.75) is 76.9 Å². The zero-order chi connectivity index (χ0) is 25.2. The second kappa shape index (κ2) is 10.4. The molecule has 0 saturated heterocycles. The molecule has 4 rings (SSSR count). The summed E-state index contributed by atoms with van der Waals surface area (Å²) in [6.07, 6.45) is 7.58. The van der Waals surface area contributed by atoms with Crippen molar-refractivity contribution in [1.82, 2.24) is 14.8 Å². The monoisotopic (exact) mass is 486 g/mol. The molecule has 0 radical (unpaired) electrons. The van der Waals surface area contributed by atoms with E-state index in [9.17, 15) is 18.8 Å². The van der Waals surface area contributed by atoms with Gasteiger partial charge in [-0.1, -0.05) is 32.1 Å². The summed E-state index contributed by atoms with van der Waals surface area (Å²) >= 11 is 0. The van der Waals surface area contributed by atoms with Gasteiger partial charge in [-0.25, -0.2) is 4.39 Å². The topological polar surface area (TPSA) is 92.7 Å². The van der Waals surface area contributed by atoms with Gasteiger partial charge < -0.3 is 24.8 Å². The molecule has 8 nitrogen and oxygen atoms in total. The van der Waals surface area contributed by atoms with Gasteiger partial charge in [-0.05, 0) is 38.0 Å². The molecule has 1 atom stereocenters. The zero-order valence-electron chi connectivity index (χ0n) is 20.8. The molecule has 190 valence electrons. The molecule has 1 aliphatic heterocycles. The van der Waals surface area contributed by atoms with E-state index >= 15 is 0 Å². The average molecular weight is 487 g/mol. The van der Waals surface area contributed by atoms with E-state index in [2.05, 4.69) is 10.6 Å². The Hall–Kier alpha value is -2.94. The maximum atomic E-state index is 14.2. The Morgan fingerprint density at radius 1 is 1.17 bits per heavy atom. The van der Waals surface area contributed by atoms with Crippen LogP contribution in [0.5, 0.6) is 0 Å². The predicted octanol–water partition coefficient (Wildman–Crippen LogP) is 3.83. The van der Waals surface area contributed by atoms with Crippen LogP contribution in [0.1, 0.15) is 69.3 Å². The lowest BCUT2D eigenvalue weighted by Gasteiger charge is -2.44. The van der Waals surface area contributed by atoms with Crippen molar-refractivity contribution in [2.75, 3.05) is 25.6 Å². The van der Waals surface area contributed by atoms with E-state index in [4.69, 9.17) is 4.74 Å². The van der Waals surface area contributed by atoms with Crippen LogP contribution >= 0.6 is 0 Å². The summed E-state index contributed by atoms with van der Waals surface area (Å²) in [5.74, 6) is -1.44. The molecule has 1 fully saturated rings. The summed E-state index contributed by atoms with van der Waals surface area (Å²) in [5, 5.41) is 6.38. The standard InChI is InChI=1S/C26H35FN4O4/c1-17(32)28-22-20-15-18(27)11-12-21(20)30-16-26(2,31(13-14-35-3)24(33)23(22)30)25(34)29-19-9-7-5-4-6-8-10-19/h11-12,15,19H,4-10,13-14,16H2,1-3H3,(H,28,32)(H,29,34). The number of hydrogen-bond acceptors (Lipinski definition) is 4. The summed E-state index contributed by atoms with van der Waals surface area (Å²) in [6.45, 7) is 3.76. The summed E-state index contributed by atoms with van der Waals surface area (Å²) in [7, 11) is 1.54. The first-order valence-corrected chi connectivity index (χ1v) is 12.5. The van der Waals surface area contributed by atoms with Gasteiger partial charge in [-0.2, -0.15) is 0 Å². The number of hydrogen-bond donors (Lipinski definition) is 2. The molecule has 2 N–H and O–H groups in total. The molecule has 1 unspecified atom stereocenters.